The Hall–Kier alpha value is -1.88. The number of hydrogen-bond donors (Lipinski definition) is 2. The fraction of sp³-hybridized carbons (Fsp3) is 0.500. The molecule has 1 rings (SSSR count). The second-order valence-electron chi connectivity index (χ2n) is 5.67. The molecule has 0 heterocycles. The van der Waals surface area contributed by atoms with E-state index in [0.717, 1.165) is 5.56 Å². The Morgan fingerprint density at radius 2 is 1.90 bits per heavy atom. The molecule has 1 unspecified atom stereocenters. The van der Waals surface area contributed by atoms with Gasteiger partial charge in [-0.2, -0.15) is 0 Å². The van der Waals surface area contributed by atoms with Crippen LogP contribution < -0.4 is 5.32 Å². The van der Waals surface area contributed by atoms with Crippen molar-refractivity contribution in [3.05, 3.63) is 35.9 Å². The van der Waals surface area contributed by atoms with Crippen LogP contribution in [-0.2, 0) is 20.9 Å². The van der Waals surface area contributed by atoms with Crippen LogP contribution in [0.4, 0.5) is 0 Å². The van der Waals surface area contributed by atoms with Crippen LogP contribution in [0.25, 0.3) is 0 Å². The summed E-state index contributed by atoms with van der Waals surface area (Å²) in [5, 5.41) is 11.7. The van der Waals surface area contributed by atoms with Gasteiger partial charge in [0.05, 0.1) is 12.0 Å². The highest BCUT2D eigenvalue weighted by molar-refractivity contribution is 5.80. The predicted octanol–water partition coefficient (Wildman–Crippen LogP) is 2.21. The largest absolute Gasteiger partial charge is 0.481 e. The molecule has 1 aromatic carbocycles. The molecule has 0 aromatic heterocycles. The number of amides is 1. The minimum absolute atomic E-state index is 0.230. The van der Waals surface area contributed by atoms with E-state index in [1.165, 1.54) is 0 Å². The van der Waals surface area contributed by atoms with Crippen molar-refractivity contribution in [1.29, 1.82) is 0 Å². The molecule has 0 saturated heterocycles. The van der Waals surface area contributed by atoms with Crippen LogP contribution in [0.1, 0.15) is 32.8 Å². The van der Waals surface area contributed by atoms with Crippen molar-refractivity contribution >= 4 is 11.9 Å². The van der Waals surface area contributed by atoms with Gasteiger partial charge >= 0.3 is 5.97 Å². The summed E-state index contributed by atoms with van der Waals surface area (Å²) in [6.45, 7) is 5.64. The lowest BCUT2D eigenvalue weighted by Crippen LogP contribution is -2.37. The number of carboxylic acids is 1. The molecule has 0 bridgehead atoms. The molecular formula is C16H23NO4. The Balaban J connectivity index is 2.30. The van der Waals surface area contributed by atoms with Crippen LogP contribution in [0.15, 0.2) is 30.3 Å². The molecule has 0 radical (unpaired) electrons. The Labute approximate surface area is 125 Å². The average molecular weight is 293 g/mol. The molecule has 5 nitrogen and oxygen atoms in total. The molecule has 1 aromatic rings. The highest BCUT2D eigenvalue weighted by atomic mass is 16.5. The summed E-state index contributed by atoms with van der Waals surface area (Å²) in [6.07, 6.45) is -0.197. The molecule has 2 N–H and O–H groups in total. The zero-order valence-electron chi connectivity index (χ0n) is 12.8. The first kappa shape index (κ1) is 17.2. The van der Waals surface area contributed by atoms with E-state index in [9.17, 15) is 9.59 Å². The molecule has 1 atom stereocenters. The lowest BCUT2D eigenvalue weighted by Gasteiger charge is -2.20. The number of aliphatic carboxylic acids is 1. The van der Waals surface area contributed by atoms with Crippen LogP contribution in [0.3, 0.4) is 0 Å². The maximum Gasteiger partial charge on any atom is 0.309 e. The third kappa shape index (κ3) is 5.95. The van der Waals surface area contributed by atoms with Gasteiger partial charge in [0.1, 0.15) is 6.10 Å². The molecule has 1 amide bonds. The van der Waals surface area contributed by atoms with Crippen molar-refractivity contribution in [2.45, 2.75) is 39.9 Å². The molecule has 0 aliphatic heterocycles. The third-order valence-corrected chi connectivity index (χ3v) is 3.34. The maximum absolute atomic E-state index is 11.8. The number of carbonyl (C=O) groups is 2. The van der Waals surface area contributed by atoms with Gasteiger partial charge in [0.15, 0.2) is 0 Å². The maximum atomic E-state index is 11.8. The van der Waals surface area contributed by atoms with Crippen molar-refractivity contribution in [3.63, 3.8) is 0 Å². The molecule has 0 aliphatic carbocycles. The molecule has 0 fully saturated rings. The normalized spacial score (nSPS) is 12.7. The summed E-state index contributed by atoms with van der Waals surface area (Å²) in [7, 11) is 0. The standard InChI is InChI=1S/C16H23NO4/c1-12(21-11-13-7-5-4-6-8-13)14(18)17-10-9-16(2,3)15(19)20/h4-8,12H,9-11H2,1-3H3,(H,17,18)(H,19,20). The average Bonchev–Trinajstić information content (AvgIpc) is 2.45. The van der Waals surface area contributed by atoms with Crippen molar-refractivity contribution in [2.24, 2.45) is 5.41 Å². The number of carbonyl (C=O) groups excluding carboxylic acids is 1. The molecule has 0 saturated carbocycles. The third-order valence-electron chi connectivity index (χ3n) is 3.34. The van der Waals surface area contributed by atoms with Gasteiger partial charge in [-0.15, -0.1) is 0 Å². The van der Waals surface area contributed by atoms with E-state index < -0.39 is 17.5 Å². The second-order valence-corrected chi connectivity index (χ2v) is 5.67. The number of ether oxygens (including phenoxy) is 1. The zero-order valence-corrected chi connectivity index (χ0v) is 12.8. The topological polar surface area (TPSA) is 75.6 Å². The van der Waals surface area contributed by atoms with E-state index in [4.69, 9.17) is 9.84 Å². The molecule has 0 aliphatic rings. The number of rotatable bonds is 8. The van der Waals surface area contributed by atoms with Crippen LogP contribution in [-0.4, -0.2) is 29.6 Å². The quantitative estimate of drug-likeness (QED) is 0.770. The fourth-order valence-electron chi connectivity index (χ4n) is 1.62. The van der Waals surface area contributed by atoms with Crippen LogP contribution in [0.2, 0.25) is 0 Å². The Morgan fingerprint density at radius 3 is 2.48 bits per heavy atom. The molecule has 21 heavy (non-hydrogen) atoms. The first-order chi connectivity index (χ1) is 9.83. The lowest BCUT2D eigenvalue weighted by atomic mass is 9.90. The SMILES string of the molecule is CC(OCc1ccccc1)C(=O)NCCC(C)(C)C(=O)O. The van der Waals surface area contributed by atoms with Crippen molar-refractivity contribution < 1.29 is 19.4 Å². The van der Waals surface area contributed by atoms with E-state index in [1.54, 1.807) is 20.8 Å². The summed E-state index contributed by atoms with van der Waals surface area (Å²) < 4.78 is 5.49. The number of carboxylic acid groups (broad SMARTS) is 1. The minimum Gasteiger partial charge on any atom is -0.481 e. The Bertz CT molecular complexity index is 470. The van der Waals surface area contributed by atoms with Crippen LogP contribution >= 0.6 is 0 Å². The molecule has 0 spiro atoms. The van der Waals surface area contributed by atoms with Gasteiger partial charge in [-0.1, -0.05) is 30.3 Å². The van der Waals surface area contributed by atoms with E-state index in [1.807, 2.05) is 30.3 Å². The van der Waals surface area contributed by atoms with Gasteiger partial charge in [-0.3, -0.25) is 9.59 Å². The number of hydrogen-bond acceptors (Lipinski definition) is 3. The van der Waals surface area contributed by atoms with Crippen molar-refractivity contribution in [1.82, 2.24) is 5.32 Å². The summed E-state index contributed by atoms with van der Waals surface area (Å²) in [6, 6.07) is 9.61. The predicted molar refractivity (Wildman–Crippen MR) is 79.7 cm³/mol. The smallest absolute Gasteiger partial charge is 0.309 e. The molecular weight excluding hydrogens is 270 g/mol. The first-order valence-corrected chi connectivity index (χ1v) is 6.99. The zero-order chi connectivity index (χ0) is 15.9. The van der Waals surface area contributed by atoms with E-state index >= 15 is 0 Å². The molecule has 5 heteroatoms. The summed E-state index contributed by atoms with van der Waals surface area (Å²) in [5.74, 6) is -1.10. The minimum atomic E-state index is -0.870. The van der Waals surface area contributed by atoms with Crippen LogP contribution in [0.5, 0.6) is 0 Å². The summed E-state index contributed by atoms with van der Waals surface area (Å²) >= 11 is 0. The van der Waals surface area contributed by atoms with E-state index in [0.29, 0.717) is 19.6 Å². The number of nitrogens with one attached hydrogen (secondary N) is 1. The second kappa shape index (κ2) is 7.78. The summed E-state index contributed by atoms with van der Waals surface area (Å²) in [5.41, 5.74) is 0.158. The molecule has 116 valence electrons. The van der Waals surface area contributed by atoms with Crippen LogP contribution in [0, 0.1) is 5.41 Å². The monoisotopic (exact) mass is 293 g/mol. The first-order valence-electron chi connectivity index (χ1n) is 6.99. The Morgan fingerprint density at radius 1 is 1.29 bits per heavy atom. The van der Waals surface area contributed by atoms with Gasteiger partial charge in [-0.25, -0.2) is 0 Å². The fourth-order valence-corrected chi connectivity index (χ4v) is 1.62. The van der Waals surface area contributed by atoms with Crippen molar-refractivity contribution in [2.75, 3.05) is 6.54 Å². The van der Waals surface area contributed by atoms with E-state index in [-0.39, 0.29) is 5.91 Å². The highest BCUT2D eigenvalue weighted by Gasteiger charge is 2.26. The van der Waals surface area contributed by atoms with Gasteiger partial charge in [0.25, 0.3) is 0 Å². The highest BCUT2D eigenvalue weighted by Crippen LogP contribution is 2.19. The van der Waals surface area contributed by atoms with Gasteiger partial charge in [0, 0.05) is 6.54 Å². The van der Waals surface area contributed by atoms with Gasteiger partial charge in [-0.05, 0) is 32.8 Å². The van der Waals surface area contributed by atoms with Gasteiger partial charge in [0.2, 0.25) is 5.91 Å². The van der Waals surface area contributed by atoms with Gasteiger partial charge < -0.3 is 15.2 Å². The van der Waals surface area contributed by atoms with E-state index in [2.05, 4.69) is 5.32 Å². The number of benzene rings is 1. The van der Waals surface area contributed by atoms with Crippen molar-refractivity contribution in [3.8, 4) is 0 Å². The Kier molecular flexibility index (Phi) is 6.37. The summed E-state index contributed by atoms with van der Waals surface area (Å²) in [4.78, 5) is 22.8. The lowest BCUT2D eigenvalue weighted by molar-refractivity contribution is -0.147.